The van der Waals surface area contributed by atoms with Crippen LogP contribution in [-0.4, -0.2) is 53.1 Å². The molecule has 1 heterocycles. The van der Waals surface area contributed by atoms with Crippen molar-refractivity contribution in [3.63, 3.8) is 0 Å². The highest BCUT2D eigenvalue weighted by molar-refractivity contribution is 5.79. The fourth-order valence-corrected chi connectivity index (χ4v) is 2.35. The number of urea groups is 1. The number of carbonyl (C=O) groups excluding carboxylic acids is 1. The van der Waals surface area contributed by atoms with Crippen molar-refractivity contribution < 1.29 is 14.7 Å². The molecule has 18 heavy (non-hydrogen) atoms. The summed E-state index contributed by atoms with van der Waals surface area (Å²) in [6.45, 7) is 9.33. The molecule has 5 heteroatoms. The van der Waals surface area contributed by atoms with Crippen molar-refractivity contribution in [3.8, 4) is 0 Å². The Kier molecular flexibility index (Phi) is 4.76. The van der Waals surface area contributed by atoms with E-state index in [4.69, 9.17) is 0 Å². The molecule has 5 nitrogen and oxygen atoms in total. The van der Waals surface area contributed by atoms with E-state index in [1.54, 1.807) is 15.9 Å². The maximum atomic E-state index is 12.2. The highest BCUT2D eigenvalue weighted by atomic mass is 16.4. The molecule has 0 aromatic rings. The van der Waals surface area contributed by atoms with Gasteiger partial charge in [-0.25, -0.2) is 4.79 Å². The molecule has 1 saturated heterocycles. The van der Waals surface area contributed by atoms with Gasteiger partial charge in [0.15, 0.2) is 0 Å². The number of hydrogen-bond acceptors (Lipinski definition) is 2. The first-order chi connectivity index (χ1) is 8.50. The van der Waals surface area contributed by atoms with Gasteiger partial charge in [0.25, 0.3) is 0 Å². The van der Waals surface area contributed by atoms with Crippen LogP contribution in [0.5, 0.6) is 0 Å². The molecule has 0 aliphatic carbocycles. The maximum Gasteiger partial charge on any atom is 0.320 e. The molecule has 1 aliphatic rings. The summed E-state index contributed by atoms with van der Waals surface area (Å²) in [6.07, 6.45) is 2.78. The van der Waals surface area contributed by atoms with Gasteiger partial charge < -0.3 is 14.9 Å². The minimum Gasteiger partial charge on any atom is -0.481 e. The predicted octanol–water partition coefficient (Wildman–Crippen LogP) is 1.80. The minimum absolute atomic E-state index is 0.0889. The van der Waals surface area contributed by atoms with Crippen LogP contribution in [0.3, 0.4) is 0 Å². The van der Waals surface area contributed by atoms with E-state index >= 15 is 0 Å². The van der Waals surface area contributed by atoms with Crippen LogP contribution in [0.1, 0.15) is 26.7 Å². The first-order valence-corrected chi connectivity index (χ1v) is 6.39. The van der Waals surface area contributed by atoms with Gasteiger partial charge in [-0.2, -0.15) is 0 Å². The standard InChI is InChI=1S/C13H22N2O3/c1-4-8-14(6-3)12(18)15-9-7-13(5-2,10-15)11(16)17/h4H,1,5-10H2,2-3H3,(H,16,17). The lowest BCUT2D eigenvalue weighted by Gasteiger charge is -2.28. The van der Waals surface area contributed by atoms with Crippen molar-refractivity contribution in [1.82, 2.24) is 9.80 Å². The number of hydrogen-bond donors (Lipinski definition) is 1. The SMILES string of the molecule is C=CCN(CC)C(=O)N1CCC(CC)(C(=O)O)C1. The summed E-state index contributed by atoms with van der Waals surface area (Å²) in [7, 11) is 0. The Labute approximate surface area is 108 Å². The van der Waals surface area contributed by atoms with Crippen LogP contribution in [0.4, 0.5) is 4.79 Å². The number of likely N-dealkylation sites (tertiary alicyclic amines) is 1. The third kappa shape index (κ3) is 2.66. The van der Waals surface area contributed by atoms with Gasteiger partial charge in [0.05, 0.1) is 5.41 Å². The molecule has 1 unspecified atom stereocenters. The molecule has 0 aromatic heterocycles. The summed E-state index contributed by atoms with van der Waals surface area (Å²) in [5.41, 5.74) is -0.761. The normalized spacial score (nSPS) is 22.9. The minimum atomic E-state index is -0.799. The zero-order chi connectivity index (χ0) is 13.8. The smallest absolute Gasteiger partial charge is 0.320 e. The molecule has 1 rings (SSSR count). The highest BCUT2D eigenvalue weighted by Gasteiger charge is 2.45. The Bertz CT molecular complexity index is 343. The van der Waals surface area contributed by atoms with E-state index in [0.29, 0.717) is 39.0 Å². The lowest BCUT2D eigenvalue weighted by atomic mass is 9.84. The Balaban J connectivity index is 2.73. The third-order valence-corrected chi connectivity index (χ3v) is 3.76. The number of carbonyl (C=O) groups is 2. The first kappa shape index (κ1) is 14.5. The summed E-state index contributed by atoms with van der Waals surface area (Å²) in [4.78, 5) is 26.8. The lowest BCUT2D eigenvalue weighted by molar-refractivity contribution is -0.148. The van der Waals surface area contributed by atoms with Crippen LogP contribution in [0, 0.1) is 5.41 Å². The van der Waals surface area contributed by atoms with E-state index in [1.807, 2.05) is 13.8 Å². The first-order valence-electron chi connectivity index (χ1n) is 6.39. The molecular weight excluding hydrogens is 232 g/mol. The number of carboxylic acids is 1. The van der Waals surface area contributed by atoms with Crippen LogP contribution < -0.4 is 0 Å². The molecule has 1 aliphatic heterocycles. The largest absolute Gasteiger partial charge is 0.481 e. The van der Waals surface area contributed by atoms with Gasteiger partial charge in [-0.15, -0.1) is 6.58 Å². The van der Waals surface area contributed by atoms with Crippen LogP contribution in [0.15, 0.2) is 12.7 Å². The zero-order valence-corrected chi connectivity index (χ0v) is 11.2. The van der Waals surface area contributed by atoms with E-state index in [2.05, 4.69) is 6.58 Å². The summed E-state index contributed by atoms with van der Waals surface area (Å²) >= 11 is 0. The Morgan fingerprint density at radius 1 is 1.50 bits per heavy atom. The van der Waals surface area contributed by atoms with Gasteiger partial charge in [0, 0.05) is 26.2 Å². The Morgan fingerprint density at radius 3 is 2.56 bits per heavy atom. The van der Waals surface area contributed by atoms with E-state index in [9.17, 15) is 14.7 Å². The monoisotopic (exact) mass is 254 g/mol. The van der Waals surface area contributed by atoms with Crippen molar-refractivity contribution >= 4 is 12.0 Å². The molecular formula is C13H22N2O3. The van der Waals surface area contributed by atoms with Gasteiger partial charge in [-0.3, -0.25) is 4.79 Å². The number of amides is 2. The molecule has 2 amide bonds. The molecule has 1 N–H and O–H groups in total. The van der Waals surface area contributed by atoms with Gasteiger partial charge in [0.1, 0.15) is 0 Å². The van der Waals surface area contributed by atoms with E-state index < -0.39 is 11.4 Å². The summed E-state index contributed by atoms with van der Waals surface area (Å²) in [5, 5.41) is 9.29. The molecule has 0 aromatic carbocycles. The van der Waals surface area contributed by atoms with Crippen molar-refractivity contribution in [2.75, 3.05) is 26.2 Å². The fourth-order valence-electron chi connectivity index (χ4n) is 2.35. The molecule has 0 radical (unpaired) electrons. The van der Waals surface area contributed by atoms with Crippen molar-refractivity contribution in [3.05, 3.63) is 12.7 Å². The fraction of sp³-hybridized carbons (Fsp3) is 0.692. The van der Waals surface area contributed by atoms with E-state index in [0.717, 1.165) is 0 Å². The molecule has 1 atom stereocenters. The second kappa shape index (κ2) is 5.89. The van der Waals surface area contributed by atoms with E-state index in [1.165, 1.54) is 0 Å². The number of rotatable bonds is 5. The quantitative estimate of drug-likeness (QED) is 0.761. The number of nitrogens with zero attached hydrogens (tertiary/aromatic N) is 2. The zero-order valence-electron chi connectivity index (χ0n) is 11.2. The molecule has 102 valence electrons. The van der Waals surface area contributed by atoms with Gasteiger partial charge >= 0.3 is 12.0 Å². The summed E-state index contributed by atoms with van der Waals surface area (Å²) in [6, 6.07) is -0.0889. The highest BCUT2D eigenvalue weighted by Crippen LogP contribution is 2.34. The summed E-state index contributed by atoms with van der Waals surface area (Å²) < 4.78 is 0. The van der Waals surface area contributed by atoms with Crippen LogP contribution >= 0.6 is 0 Å². The predicted molar refractivity (Wildman–Crippen MR) is 69.4 cm³/mol. The van der Waals surface area contributed by atoms with Gasteiger partial charge in [0.2, 0.25) is 0 Å². The average molecular weight is 254 g/mol. The topological polar surface area (TPSA) is 60.9 Å². The Hall–Kier alpha value is -1.52. The molecule has 0 spiro atoms. The maximum absolute atomic E-state index is 12.2. The van der Waals surface area contributed by atoms with Crippen molar-refractivity contribution in [2.45, 2.75) is 26.7 Å². The van der Waals surface area contributed by atoms with Crippen molar-refractivity contribution in [2.24, 2.45) is 5.41 Å². The molecule has 0 bridgehead atoms. The second-order valence-electron chi connectivity index (χ2n) is 4.72. The van der Waals surface area contributed by atoms with Crippen LogP contribution in [0.25, 0.3) is 0 Å². The van der Waals surface area contributed by atoms with Crippen molar-refractivity contribution in [1.29, 1.82) is 0 Å². The average Bonchev–Trinajstić information content (AvgIpc) is 2.81. The summed E-state index contributed by atoms with van der Waals surface area (Å²) in [5.74, 6) is -0.799. The molecule has 0 saturated carbocycles. The van der Waals surface area contributed by atoms with Gasteiger partial charge in [-0.1, -0.05) is 13.0 Å². The number of carboxylic acid groups (broad SMARTS) is 1. The van der Waals surface area contributed by atoms with E-state index in [-0.39, 0.29) is 6.03 Å². The second-order valence-corrected chi connectivity index (χ2v) is 4.72. The Morgan fingerprint density at radius 2 is 2.17 bits per heavy atom. The number of likely N-dealkylation sites (N-methyl/N-ethyl adjacent to an activating group) is 1. The number of aliphatic carboxylic acids is 1. The third-order valence-electron chi connectivity index (χ3n) is 3.76. The van der Waals surface area contributed by atoms with Gasteiger partial charge in [-0.05, 0) is 19.8 Å². The van der Waals surface area contributed by atoms with Crippen LogP contribution in [-0.2, 0) is 4.79 Å². The van der Waals surface area contributed by atoms with Crippen LogP contribution in [0.2, 0.25) is 0 Å². The lowest BCUT2D eigenvalue weighted by Crippen LogP contribution is -2.44. The molecule has 1 fully saturated rings.